The minimum Gasteiger partial charge on any atom is -0.198 e. The summed E-state index contributed by atoms with van der Waals surface area (Å²) in [5.74, 6) is 2.18. The van der Waals surface area contributed by atoms with Crippen molar-refractivity contribution in [1.29, 1.82) is 5.26 Å². The van der Waals surface area contributed by atoms with Gasteiger partial charge in [0.05, 0.1) is 6.07 Å². The van der Waals surface area contributed by atoms with Crippen molar-refractivity contribution in [3.8, 4) is 6.07 Å². The molecule has 1 nitrogen and oxygen atoms in total. The van der Waals surface area contributed by atoms with Crippen LogP contribution in [0.25, 0.3) is 0 Å². The smallest absolute Gasteiger partial charge is 0.0655 e. The normalized spacial score (nSPS) is 42.4. The fraction of sp³-hybridized carbons (Fsp3) is 0.917. The third-order valence-electron chi connectivity index (χ3n) is 3.95. The molecule has 0 heterocycles. The lowest BCUT2D eigenvalue weighted by molar-refractivity contribution is 0.240. The van der Waals surface area contributed by atoms with Gasteiger partial charge in [0.1, 0.15) is 0 Å². The van der Waals surface area contributed by atoms with Gasteiger partial charge in [0, 0.05) is 5.92 Å². The summed E-state index contributed by atoms with van der Waals surface area (Å²) in [4.78, 5) is 0. The first-order valence-electron chi connectivity index (χ1n) is 5.50. The highest BCUT2D eigenvalue weighted by atomic mass is 14.5. The Morgan fingerprint density at radius 1 is 1.15 bits per heavy atom. The Kier molecular flexibility index (Phi) is 2.10. The zero-order valence-corrected chi connectivity index (χ0v) is 8.71. The Morgan fingerprint density at radius 2 is 1.85 bits per heavy atom. The van der Waals surface area contributed by atoms with E-state index in [1.54, 1.807) is 0 Å². The summed E-state index contributed by atoms with van der Waals surface area (Å²) in [6.07, 6.45) is 6.41. The summed E-state index contributed by atoms with van der Waals surface area (Å²) in [6, 6.07) is 2.44. The molecule has 2 saturated carbocycles. The van der Waals surface area contributed by atoms with Crippen molar-refractivity contribution in [2.24, 2.45) is 23.2 Å². The van der Waals surface area contributed by atoms with Gasteiger partial charge in [0.15, 0.2) is 0 Å². The average Bonchev–Trinajstić information content (AvgIpc) is 2.36. The highest BCUT2D eigenvalue weighted by Gasteiger charge is 2.42. The molecule has 3 atom stereocenters. The Bertz CT molecular complexity index is 236. The van der Waals surface area contributed by atoms with E-state index >= 15 is 0 Å². The molecule has 72 valence electrons. The van der Waals surface area contributed by atoms with Crippen molar-refractivity contribution in [3.05, 3.63) is 0 Å². The molecule has 2 aliphatic carbocycles. The first kappa shape index (κ1) is 9.06. The predicted molar refractivity (Wildman–Crippen MR) is 52.9 cm³/mol. The molecule has 0 aliphatic heterocycles. The van der Waals surface area contributed by atoms with Crippen LogP contribution in [0.15, 0.2) is 0 Å². The molecule has 0 aromatic carbocycles. The Labute approximate surface area is 81.1 Å². The molecular formula is C12H19N. The van der Waals surface area contributed by atoms with Gasteiger partial charge in [-0.15, -0.1) is 0 Å². The largest absolute Gasteiger partial charge is 0.198 e. The third-order valence-corrected chi connectivity index (χ3v) is 3.95. The van der Waals surface area contributed by atoms with E-state index in [-0.39, 0.29) is 0 Å². The standard InChI is InChI=1S/C12H19N/c1-12(2)6-10-4-3-9(8-13)5-11(10)7-12/h9-11H,3-7H2,1-2H3. The summed E-state index contributed by atoms with van der Waals surface area (Å²) in [5, 5.41) is 8.89. The lowest BCUT2D eigenvalue weighted by Gasteiger charge is -2.27. The molecule has 2 aliphatic rings. The molecule has 0 bridgehead atoms. The highest BCUT2D eigenvalue weighted by Crippen LogP contribution is 2.52. The van der Waals surface area contributed by atoms with Crippen LogP contribution in [-0.2, 0) is 0 Å². The molecule has 1 heteroatoms. The molecule has 0 aromatic heterocycles. The molecule has 0 aromatic rings. The van der Waals surface area contributed by atoms with Crippen LogP contribution in [0.3, 0.4) is 0 Å². The maximum absolute atomic E-state index is 8.89. The lowest BCUT2D eigenvalue weighted by Crippen LogP contribution is -2.19. The first-order valence-corrected chi connectivity index (χ1v) is 5.50. The molecular weight excluding hydrogens is 158 g/mol. The zero-order chi connectivity index (χ0) is 9.47. The van der Waals surface area contributed by atoms with Crippen LogP contribution in [0, 0.1) is 34.5 Å². The van der Waals surface area contributed by atoms with Crippen LogP contribution in [0.1, 0.15) is 46.0 Å². The second kappa shape index (κ2) is 3.01. The van der Waals surface area contributed by atoms with Crippen molar-refractivity contribution in [3.63, 3.8) is 0 Å². The van der Waals surface area contributed by atoms with E-state index in [2.05, 4.69) is 19.9 Å². The van der Waals surface area contributed by atoms with Crippen LogP contribution < -0.4 is 0 Å². The molecule has 2 rings (SSSR count). The van der Waals surface area contributed by atoms with E-state index in [1.807, 2.05) is 0 Å². The summed E-state index contributed by atoms with van der Waals surface area (Å²) in [7, 11) is 0. The minimum atomic E-state index is 0.371. The maximum Gasteiger partial charge on any atom is 0.0655 e. The van der Waals surface area contributed by atoms with Crippen molar-refractivity contribution in [2.75, 3.05) is 0 Å². The number of hydrogen-bond acceptors (Lipinski definition) is 1. The SMILES string of the molecule is CC1(C)CC2CCC(C#N)CC2C1. The Hall–Kier alpha value is -0.510. The van der Waals surface area contributed by atoms with Crippen molar-refractivity contribution in [2.45, 2.75) is 46.0 Å². The van der Waals surface area contributed by atoms with Gasteiger partial charge in [-0.25, -0.2) is 0 Å². The summed E-state index contributed by atoms with van der Waals surface area (Å²) < 4.78 is 0. The van der Waals surface area contributed by atoms with E-state index in [4.69, 9.17) is 5.26 Å². The van der Waals surface area contributed by atoms with Gasteiger partial charge in [-0.1, -0.05) is 13.8 Å². The fourth-order valence-electron chi connectivity index (χ4n) is 3.47. The number of hydrogen-bond donors (Lipinski definition) is 0. The van der Waals surface area contributed by atoms with Gasteiger partial charge < -0.3 is 0 Å². The molecule has 3 unspecified atom stereocenters. The minimum absolute atomic E-state index is 0.371. The molecule has 0 saturated heterocycles. The van der Waals surface area contributed by atoms with E-state index in [0.717, 1.165) is 18.3 Å². The Balaban J connectivity index is 2.03. The zero-order valence-electron chi connectivity index (χ0n) is 8.71. The van der Waals surface area contributed by atoms with E-state index in [0.29, 0.717) is 11.3 Å². The first-order chi connectivity index (χ1) is 6.11. The van der Waals surface area contributed by atoms with Gasteiger partial charge in [-0.2, -0.15) is 5.26 Å². The molecule has 0 spiro atoms. The maximum atomic E-state index is 8.89. The van der Waals surface area contributed by atoms with Crippen LogP contribution in [-0.4, -0.2) is 0 Å². The fourth-order valence-corrected chi connectivity index (χ4v) is 3.47. The van der Waals surface area contributed by atoms with E-state index in [9.17, 15) is 0 Å². The quantitative estimate of drug-likeness (QED) is 0.556. The second-order valence-corrected chi connectivity index (χ2v) is 5.73. The molecule has 13 heavy (non-hydrogen) atoms. The number of rotatable bonds is 0. The highest BCUT2D eigenvalue weighted by molar-refractivity contribution is 4.97. The van der Waals surface area contributed by atoms with Crippen molar-refractivity contribution >= 4 is 0 Å². The third kappa shape index (κ3) is 1.73. The molecule has 0 radical (unpaired) electrons. The van der Waals surface area contributed by atoms with E-state index < -0.39 is 0 Å². The van der Waals surface area contributed by atoms with Gasteiger partial charge in [0.2, 0.25) is 0 Å². The van der Waals surface area contributed by atoms with Gasteiger partial charge >= 0.3 is 0 Å². The van der Waals surface area contributed by atoms with Gasteiger partial charge in [-0.3, -0.25) is 0 Å². The average molecular weight is 177 g/mol. The lowest BCUT2D eigenvalue weighted by atomic mass is 9.76. The second-order valence-electron chi connectivity index (χ2n) is 5.73. The monoisotopic (exact) mass is 177 g/mol. The van der Waals surface area contributed by atoms with Crippen molar-refractivity contribution < 1.29 is 0 Å². The number of fused-ring (bicyclic) bond motifs is 1. The number of nitriles is 1. The van der Waals surface area contributed by atoms with Gasteiger partial charge in [0.25, 0.3) is 0 Å². The number of nitrogens with zero attached hydrogens (tertiary/aromatic N) is 1. The Morgan fingerprint density at radius 3 is 2.54 bits per heavy atom. The topological polar surface area (TPSA) is 23.8 Å². The summed E-state index contributed by atoms with van der Waals surface area (Å²) in [5.41, 5.74) is 0.555. The summed E-state index contributed by atoms with van der Waals surface area (Å²) >= 11 is 0. The van der Waals surface area contributed by atoms with Crippen LogP contribution in [0.2, 0.25) is 0 Å². The van der Waals surface area contributed by atoms with Crippen LogP contribution >= 0.6 is 0 Å². The molecule has 2 fully saturated rings. The van der Waals surface area contributed by atoms with Crippen LogP contribution in [0.4, 0.5) is 0 Å². The van der Waals surface area contributed by atoms with Crippen LogP contribution in [0.5, 0.6) is 0 Å². The molecule has 0 amide bonds. The molecule has 0 N–H and O–H groups in total. The summed E-state index contributed by atoms with van der Waals surface area (Å²) in [6.45, 7) is 4.76. The van der Waals surface area contributed by atoms with E-state index in [1.165, 1.54) is 25.7 Å². The van der Waals surface area contributed by atoms with Gasteiger partial charge in [-0.05, 0) is 49.4 Å². The predicted octanol–water partition coefficient (Wildman–Crippen LogP) is 3.36. The van der Waals surface area contributed by atoms with Crippen molar-refractivity contribution in [1.82, 2.24) is 0 Å².